The summed E-state index contributed by atoms with van der Waals surface area (Å²) in [7, 11) is 0. The average Bonchev–Trinajstić information content (AvgIpc) is 3.04. The van der Waals surface area contributed by atoms with E-state index in [4.69, 9.17) is 9.84 Å². The summed E-state index contributed by atoms with van der Waals surface area (Å²) in [5.74, 6) is -0.775. The third kappa shape index (κ3) is 5.36. The van der Waals surface area contributed by atoms with Crippen molar-refractivity contribution in [3.05, 3.63) is 40.7 Å². The molecule has 174 valence electrons. The zero-order chi connectivity index (χ0) is 23.5. The SMILES string of the molecule is CC1=C(OCC(F)(F)F)NC(C)C(CN2Cc3c(ccnc3C(=O)NCCCO)C2=O)=N1. The van der Waals surface area contributed by atoms with Crippen LogP contribution in [0.15, 0.2) is 28.8 Å². The summed E-state index contributed by atoms with van der Waals surface area (Å²) in [6, 6.07) is 1.08. The molecule has 0 aliphatic carbocycles. The Morgan fingerprint density at radius 2 is 2.19 bits per heavy atom. The van der Waals surface area contributed by atoms with Gasteiger partial charge in [0.1, 0.15) is 5.69 Å². The number of rotatable bonds is 8. The first kappa shape index (κ1) is 23.5. The Hall–Kier alpha value is -3.15. The summed E-state index contributed by atoms with van der Waals surface area (Å²) in [4.78, 5) is 35.2. The zero-order valence-electron chi connectivity index (χ0n) is 17.6. The Balaban J connectivity index is 1.73. The molecule has 1 aromatic rings. The van der Waals surface area contributed by atoms with Crippen LogP contribution in [-0.2, 0) is 11.3 Å². The van der Waals surface area contributed by atoms with E-state index in [1.165, 1.54) is 18.0 Å². The van der Waals surface area contributed by atoms with Gasteiger partial charge in [-0.05, 0) is 26.3 Å². The minimum absolute atomic E-state index is 0.0550. The minimum atomic E-state index is -4.47. The molecule has 0 radical (unpaired) electrons. The molecule has 0 spiro atoms. The van der Waals surface area contributed by atoms with E-state index < -0.39 is 24.7 Å². The Kier molecular flexibility index (Phi) is 7.02. The third-order valence-electron chi connectivity index (χ3n) is 4.98. The van der Waals surface area contributed by atoms with Gasteiger partial charge in [0.05, 0.1) is 24.0 Å². The lowest BCUT2D eigenvalue weighted by Crippen LogP contribution is -2.44. The Morgan fingerprint density at radius 1 is 1.44 bits per heavy atom. The van der Waals surface area contributed by atoms with Gasteiger partial charge in [-0.25, -0.2) is 0 Å². The number of hydrogen-bond donors (Lipinski definition) is 3. The summed E-state index contributed by atoms with van der Waals surface area (Å²) in [6.07, 6.45) is -2.68. The highest BCUT2D eigenvalue weighted by atomic mass is 19.4. The third-order valence-corrected chi connectivity index (χ3v) is 4.98. The number of aliphatic hydroxyl groups is 1. The van der Waals surface area contributed by atoms with Crippen molar-refractivity contribution in [2.75, 3.05) is 26.3 Å². The molecule has 3 rings (SSSR count). The number of halogens is 3. The number of nitrogens with zero attached hydrogens (tertiary/aromatic N) is 3. The first-order valence-corrected chi connectivity index (χ1v) is 10.0. The number of hydrogen-bond acceptors (Lipinski definition) is 7. The molecule has 3 heterocycles. The number of ether oxygens (including phenoxy) is 1. The number of nitrogens with one attached hydrogen (secondary N) is 2. The molecule has 1 atom stereocenters. The van der Waals surface area contributed by atoms with Gasteiger partial charge in [-0.2, -0.15) is 13.2 Å². The van der Waals surface area contributed by atoms with Gasteiger partial charge in [0.15, 0.2) is 6.61 Å². The number of alkyl halides is 3. The maximum atomic E-state index is 12.9. The molecule has 0 saturated carbocycles. The number of aliphatic hydroxyl groups excluding tert-OH is 1. The van der Waals surface area contributed by atoms with Crippen molar-refractivity contribution in [2.45, 2.75) is 39.0 Å². The quantitative estimate of drug-likeness (QED) is 0.510. The van der Waals surface area contributed by atoms with Crippen molar-refractivity contribution in [1.82, 2.24) is 20.5 Å². The number of amides is 2. The number of pyridine rings is 1. The molecular weight excluding hydrogens is 431 g/mol. The Bertz CT molecular complexity index is 961. The van der Waals surface area contributed by atoms with E-state index in [9.17, 15) is 22.8 Å². The van der Waals surface area contributed by atoms with Gasteiger partial charge < -0.3 is 25.4 Å². The first-order chi connectivity index (χ1) is 15.1. The standard InChI is InChI=1S/C20H24F3N5O4/c1-11-15(26-12(2)18(27-11)32-10-20(21,22)23)9-28-8-14-13(19(28)31)4-6-24-16(14)17(30)25-5-3-7-29/h4,6,11,27,29H,3,5,7-10H2,1-2H3,(H,25,30). The van der Waals surface area contributed by atoms with Crippen molar-refractivity contribution in [2.24, 2.45) is 4.99 Å². The van der Waals surface area contributed by atoms with Crippen LogP contribution in [0.3, 0.4) is 0 Å². The van der Waals surface area contributed by atoms with Crippen LogP contribution >= 0.6 is 0 Å². The number of aromatic nitrogens is 1. The fourth-order valence-corrected chi connectivity index (χ4v) is 3.39. The summed E-state index contributed by atoms with van der Waals surface area (Å²) < 4.78 is 42.1. The van der Waals surface area contributed by atoms with Crippen molar-refractivity contribution < 1.29 is 32.6 Å². The fourth-order valence-electron chi connectivity index (χ4n) is 3.39. The molecule has 0 aromatic carbocycles. The maximum absolute atomic E-state index is 12.9. The van der Waals surface area contributed by atoms with E-state index >= 15 is 0 Å². The van der Waals surface area contributed by atoms with Crippen molar-refractivity contribution in [1.29, 1.82) is 0 Å². The van der Waals surface area contributed by atoms with Crippen LogP contribution in [0.4, 0.5) is 13.2 Å². The Labute approximate surface area is 182 Å². The second-order valence-corrected chi connectivity index (χ2v) is 7.47. The second-order valence-electron chi connectivity index (χ2n) is 7.47. The molecule has 1 unspecified atom stereocenters. The van der Waals surface area contributed by atoms with E-state index in [-0.39, 0.29) is 49.4 Å². The minimum Gasteiger partial charge on any atom is -0.468 e. The lowest BCUT2D eigenvalue weighted by Gasteiger charge is -2.28. The first-order valence-electron chi connectivity index (χ1n) is 10.0. The van der Waals surface area contributed by atoms with Crippen LogP contribution in [0, 0.1) is 0 Å². The van der Waals surface area contributed by atoms with Gasteiger partial charge in [-0.15, -0.1) is 0 Å². The highest BCUT2D eigenvalue weighted by Crippen LogP contribution is 2.26. The molecule has 0 fully saturated rings. The predicted molar refractivity (Wildman–Crippen MR) is 108 cm³/mol. The summed E-state index contributed by atoms with van der Waals surface area (Å²) in [5.41, 5.74) is 1.80. The molecule has 2 amide bonds. The van der Waals surface area contributed by atoms with E-state index in [0.717, 1.165) is 0 Å². The number of allylic oxidation sites excluding steroid dienone is 1. The zero-order valence-corrected chi connectivity index (χ0v) is 17.6. The largest absolute Gasteiger partial charge is 0.468 e. The molecular formula is C20H24F3N5O4. The molecule has 0 bridgehead atoms. The second kappa shape index (κ2) is 9.55. The van der Waals surface area contributed by atoms with Crippen molar-refractivity contribution in [3.8, 4) is 0 Å². The Morgan fingerprint density at radius 3 is 2.88 bits per heavy atom. The van der Waals surface area contributed by atoms with Gasteiger partial charge in [0, 0.05) is 37.0 Å². The molecule has 9 nitrogen and oxygen atoms in total. The van der Waals surface area contributed by atoms with E-state index in [1.807, 2.05) is 0 Å². The summed E-state index contributed by atoms with van der Waals surface area (Å²) >= 11 is 0. The van der Waals surface area contributed by atoms with E-state index in [1.54, 1.807) is 13.0 Å². The monoisotopic (exact) mass is 455 g/mol. The number of carbonyl (C=O) groups is 2. The van der Waals surface area contributed by atoms with Gasteiger partial charge in [-0.3, -0.25) is 19.6 Å². The van der Waals surface area contributed by atoms with Gasteiger partial charge >= 0.3 is 6.18 Å². The van der Waals surface area contributed by atoms with Crippen LogP contribution < -0.4 is 10.6 Å². The van der Waals surface area contributed by atoms with Gasteiger partial charge in [0.25, 0.3) is 11.8 Å². The van der Waals surface area contributed by atoms with Crippen LogP contribution in [0.1, 0.15) is 46.7 Å². The molecule has 2 aliphatic heterocycles. The maximum Gasteiger partial charge on any atom is 0.422 e. The van der Waals surface area contributed by atoms with Crippen LogP contribution in [-0.4, -0.2) is 71.0 Å². The molecule has 3 N–H and O–H groups in total. The predicted octanol–water partition coefficient (Wildman–Crippen LogP) is 1.35. The van der Waals surface area contributed by atoms with Gasteiger partial charge in [-0.1, -0.05) is 0 Å². The average molecular weight is 455 g/mol. The lowest BCUT2D eigenvalue weighted by molar-refractivity contribution is -0.166. The van der Waals surface area contributed by atoms with Gasteiger partial charge in [0.2, 0.25) is 5.88 Å². The van der Waals surface area contributed by atoms with Crippen LogP contribution in [0.25, 0.3) is 0 Å². The number of carbonyl (C=O) groups excluding carboxylic acids is 2. The fraction of sp³-hybridized carbons (Fsp3) is 0.500. The molecule has 0 saturated heterocycles. The normalized spacial score (nSPS) is 18.3. The topological polar surface area (TPSA) is 116 Å². The van der Waals surface area contributed by atoms with E-state index in [2.05, 4.69) is 20.6 Å². The van der Waals surface area contributed by atoms with Crippen LogP contribution in [0.2, 0.25) is 0 Å². The van der Waals surface area contributed by atoms with Crippen molar-refractivity contribution in [3.63, 3.8) is 0 Å². The summed E-state index contributed by atoms with van der Waals surface area (Å²) in [6.45, 7) is 2.29. The van der Waals surface area contributed by atoms with Crippen LogP contribution in [0.5, 0.6) is 0 Å². The lowest BCUT2D eigenvalue weighted by atomic mass is 10.1. The number of fused-ring (bicyclic) bond motifs is 1. The smallest absolute Gasteiger partial charge is 0.422 e. The van der Waals surface area contributed by atoms with Crippen molar-refractivity contribution >= 4 is 17.5 Å². The summed E-state index contributed by atoms with van der Waals surface area (Å²) in [5, 5.41) is 14.4. The highest BCUT2D eigenvalue weighted by Gasteiger charge is 2.34. The molecule has 12 heteroatoms. The molecule has 2 aliphatic rings. The van der Waals surface area contributed by atoms with E-state index in [0.29, 0.717) is 23.3 Å². The highest BCUT2D eigenvalue weighted by molar-refractivity contribution is 6.05. The molecule has 1 aromatic heterocycles. The molecule has 32 heavy (non-hydrogen) atoms. The number of aliphatic imine (C=N–C) groups is 1.